The second-order valence-corrected chi connectivity index (χ2v) is 10.4. The van der Waals surface area contributed by atoms with Crippen LogP contribution in [0.25, 0.3) is 16.7 Å². The van der Waals surface area contributed by atoms with Gasteiger partial charge in [0, 0.05) is 36.6 Å². The van der Waals surface area contributed by atoms with Crippen molar-refractivity contribution in [2.24, 2.45) is 0 Å². The number of nitrogens with one attached hydrogen (secondary N) is 2. The molecule has 5 aromatic rings. The number of Topliss-reactive ketones (excluding diaryl/α,β-unsaturated/α-hetero) is 1. The minimum absolute atomic E-state index is 0.000678. The number of anilines is 1. The van der Waals surface area contributed by atoms with Gasteiger partial charge in [0.2, 0.25) is 0 Å². The van der Waals surface area contributed by atoms with Crippen molar-refractivity contribution in [3.63, 3.8) is 0 Å². The Hall–Kier alpha value is -4.90. The van der Waals surface area contributed by atoms with Crippen LogP contribution in [0.5, 0.6) is 11.5 Å². The van der Waals surface area contributed by atoms with Gasteiger partial charge >= 0.3 is 0 Å². The molecule has 11 heteroatoms. The summed E-state index contributed by atoms with van der Waals surface area (Å²) >= 11 is 0. The molecule has 2 aromatic carbocycles. The van der Waals surface area contributed by atoms with Crippen molar-refractivity contribution in [2.45, 2.75) is 38.1 Å². The van der Waals surface area contributed by atoms with E-state index in [1.165, 1.54) is 47.2 Å². The topological polar surface area (TPSA) is 122 Å². The number of ether oxygens (including phenoxy) is 1. The standard InChI is InChI=1S/C31H27F2N5O4/c1-17(16-39)35-30-28-27(10-11-34-29(28)36-37-30)42-26-9-2-18(12-24(26)33)13-25(40)23-14-20(19-3-4-19)15-38(31(23)41)22-7-5-21(32)6-8-22/h2,5-12,14-15,17,19,39H,3-4,13,16H2,1H3,(H2,34,35,36,37)/t17-/m1/s1. The summed E-state index contributed by atoms with van der Waals surface area (Å²) in [6.07, 6.45) is 4.93. The Labute approximate surface area is 238 Å². The number of aliphatic hydroxyl groups excluding tert-OH is 1. The minimum atomic E-state index is -0.692. The summed E-state index contributed by atoms with van der Waals surface area (Å²) in [4.78, 5) is 30.9. The Bertz CT molecular complexity index is 1850. The Morgan fingerprint density at radius 1 is 1.14 bits per heavy atom. The van der Waals surface area contributed by atoms with Crippen LogP contribution in [0.4, 0.5) is 14.6 Å². The number of hydrogen-bond donors (Lipinski definition) is 3. The predicted octanol–water partition coefficient (Wildman–Crippen LogP) is 5.27. The van der Waals surface area contributed by atoms with Crippen molar-refractivity contribution in [1.29, 1.82) is 0 Å². The zero-order valence-electron chi connectivity index (χ0n) is 22.6. The second-order valence-electron chi connectivity index (χ2n) is 10.4. The Morgan fingerprint density at radius 3 is 2.64 bits per heavy atom. The highest BCUT2D eigenvalue weighted by Gasteiger charge is 2.27. The van der Waals surface area contributed by atoms with Crippen LogP contribution in [0.15, 0.2) is 71.8 Å². The molecule has 9 nitrogen and oxygen atoms in total. The van der Waals surface area contributed by atoms with Gasteiger partial charge in [0.1, 0.15) is 17.0 Å². The number of pyridine rings is 2. The molecular formula is C31H27F2N5O4. The Balaban J connectivity index is 1.26. The number of carbonyl (C=O) groups is 1. The van der Waals surface area contributed by atoms with Gasteiger partial charge in [0.15, 0.2) is 28.8 Å². The van der Waals surface area contributed by atoms with E-state index >= 15 is 4.39 Å². The van der Waals surface area contributed by atoms with Crippen molar-refractivity contribution in [3.8, 4) is 17.2 Å². The number of aromatic amines is 1. The number of H-pyrrole nitrogens is 1. The molecule has 0 aliphatic heterocycles. The lowest BCUT2D eigenvalue weighted by Crippen LogP contribution is -2.26. The van der Waals surface area contributed by atoms with Crippen LogP contribution in [-0.4, -0.2) is 43.3 Å². The summed E-state index contributed by atoms with van der Waals surface area (Å²) in [7, 11) is 0. The lowest BCUT2D eigenvalue weighted by molar-refractivity contribution is 0.0991. The largest absolute Gasteiger partial charge is 0.453 e. The van der Waals surface area contributed by atoms with Gasteiger partial charge in [0.25, 0.3) is 5.56 Å². The van der Waals surface area contributed by atoms with E-state index in [0.29, 0.717) is 33.9 Å². The Kier molecular flexibility index (Phi) is 7.26. The van der Waals surface area contributed by atoms with Gasteiger partial charge < -0.3 is 15.2 Å². The number of ketones is 1. The van der Waals surface area contributed by atoms with Crippen molar-refractivity contribution >= 4 is 22.6 Å². The van der Waals surface area contributed by atoms with Gasteiger partial charge in [-0.3, -0.25) is 19.3 Å². The molecule has 0 saturated heterocycles. The first-order chi connectivity index (χ1) is 20.3. The highest BCUT2D eigenvalue weighted by atomic mass is 19.1. The minimum Gasteiger partial charge on any atom is -0.453 e. The molecule has 1 saturated carbocycles. The second kappa shape index (κ2) is 11.2. The molecule has 0 bridgehead atoms. The zero-order valence-corrected chi connectivity index (χ0v) is 22.6. The van der Waals surface area contributed by atoms with E-state index in [2.05, 4.69) is 20.5 Å². The maximum atomic E-state index is 15.2. The van der Waals surface area contributed by atoms with E-state index in [0.717, 1.165) is 18.4 Å². The van der Waals surface area contributed by atoms with Crippen LogP contribution in [0.1, 0.15) is 47.2 Å². The van der Waals surface area contributed by atoms with Crippen molar-refractivity contribution < 1.29 is 23.4 Å². The summed E-state index contributed by atoms with van der Waals surface area (Å²) in [5.41, 5.74) is 1.60. The number of aliphatic hydroxyl groups is 1. The number of rotatable bonds is 10. The monoisotopic (exact) mass is 571 g/mol. The van der Waals surface area contributed by atoms with Crippen molar-refractivity contribution in [3.05, 3.63) is 106 Å². The first kappa shape index (κ1) is 27.3. The maximum absolute atomic E-state index is 15.2. The molecule has 0 unspecified atom stereocenters. The number of aromatic nitrogens is 4. The number of hydrogen-bond acceptors (Lipinski definition) is 7. The molecule has 3 aromatic heterocycles. The molecular weight excluding hydrogens is 544 g/mol. The van der Waals surface area contributed by atoms with Gasteiger partial charge in [-0.1, -0.05) is 6.07 Å². The fourth-order valence-electron chi connectivity index (χ4n) is 4.76. The van der Waals surface area contributed by atoms with Gasteiger partial charge in [-0.25, -0.2) is 13.8 Å². The van der Waals surface area contributed by atoms with E-state index in [4.69, 9.17) is 4.74 Å². The van der Waals surface area contributed by atoms with Crippen LogP contribution in [0.2, 0.25) is 0 Å². The average molecular weight is 572 g/mol. The third kappa shape index (κ3) is 5.51. The molecule has 0 spiro atoms. The van der Waals surface area contributed by atoms with Crippen molar-refractivity contribution in [1.82, 2.24) is 19.7 Å². The summed E-state index contributed by atoms with van der Waals surface area (Å²) in [6, 6.07) is 12.6. The zero-order chi connectivity index (χ0) is 29.4. The summed E-state index contributed by atoms with van der Waals surface area (Å²) in [5.74, 6) is -0.691. The smallest absolute Gasteiger partial charge is 0.265 e. The van der Waals surface area contributed by atoms with Crippen LogP contribution in [-0.2, 0) is 6.42 Å². The van der Waals surface area contributed by atoms with Crippen molar-refractivity contribution in [2.75, 3.05) is 11.9 Å². The highest BCUT2D eigenvalue weighted by molar-refractivity contribution is 5.97. The third-order valence-corrected chi connectivity index (χ3v) is 7.15. The molecule has 1 atom stereocenters. The molecule has 1 fully saturated rings. The van der Waals surface area contributed by atoms with Crippen LogP contribution >= 0.6 is 0 Å². The summed E-state index contributed by atoms with van der Waals surface area (Å²) < 4.78 is 36.0. The maximum Gasteiger partial charge on any atom is 0.265 e. The van der Waals surface area contributed by atoms with E-state index in [-0.39, 0.29) is 36.3 Å². The number of fused-ring (bicyclic) bond motifs is 1. The number of halogens is 2. The predicted molar refractivity (Wildman–Crippen MR) is 153 cm³/mol. The number of nitrogens with zero attached hydrogens (tertiary/aromatic N) is 3. The van der Waals surface area contributed by atoms with Gasteiger partial charge in [-0.2, -0.15) is 5.10 Å². The molecule has 0 radical (unpaired) electrons. The Morgan fingerprint density at radius 2 is 1.93 bits per heavy atom. The van der Waals surface area contributed by atoms with Crippen LogP contribution in [0, 0.1) is 11.6 Å². The SMILES string of the molecule is C[C@H](CO)Nc1n[nH]c2nccc(Oc3ccc(CC(=O)c4cc(C5CC5)cn(-c5ccc(F)cc5)c4=O)cc3F)c12. The van der Waals surface area contributed by atoms with Gasteiger partial charge in [0.05, 0.1) is 12.2 Å². The number of carbonyl (C=O) groups excluding carboxylic acids is 1. The lowest BCUT2D eigenvalue weighted by Gasteiger charge is -2.13. The quantitative estimate of drug-likeness (QED) is 0.195. The third-order valence-electron chi connectivity index (χ3n) is 7.15. The van der Waals surface area contributed by atoms with E-state index in [1.54, 1.807) is 31.3 Å². The number of benzene rings is 2. The summed E-state index contributed by atoms with van der Waals surface area (Å²) in [6.45, 7) is 1.65. The molecule has 3 heterocycles. The summed E-state index contributed by atoms with van der Waals surface area (Å²) in [5, 5.41) is 19.9. The van der Waals surface area contributed by atoms with E-state index in [1.807, 2.05) is 0 Å². The van der Waals surface area contributed by atoms with Crippen LogP contribution in [0.3, 0.4) is 0 Å². The fourth-order valence-corrected chi connectivity index (χ4v) is 4.76. The average Bonchev–Trinajstić information content (AvgIpc) is 3.76. The molecule has 42 heavy (non-hydrogen) atoms. The molecule has 0 amide bonds. The first-order valence-corrected chi connectivity index (χ1v) is 13.5. The van der Waals surface area contributed by atoms with E-state index in [9.17, 15) is 19.1 Å². The first-order valence-electron chi connectivity index (χ1n) is 13.5. The highest BCUT2D eigenvalue weighted by Crippen LogP contribution is 2.40. The van der Waals surface area contributed by atoms with Gasteiger partial charge in [-0.05, 0) is 79.3 Å². The van der Waals surface area contributed by atoms with E-state index < -0.39 is 23.0 Å². The molecule has 214 valence electrons. The normalized spacial score (nSPS) is 13.7. The lowest BCUT2D eigenvalue weighted by atomic mass is 10.0. The molecule has 1 aliphatic rings. The fraction of sp³-hybridized carbons (Fsp3) is 0.226. The molecule has 1 aliphatic carbocycles. The van der Waals surface area contributed by atoms with Gasteiger partial charge in [-0.15, -0.1) is 0 Å². The van der Waals surface area contributed by atoms with Crippen LogP contribution < -0.4 is 15.6 Å². The molecule has 3 N–H and O–H groups in total. The molecule has 6 rings (SSSR count).